The first-order chi connectivity index (χ1) is 9.37. The van der Waals surface area contributed by atoms with Crippen molar-refractivity contribution in [2.24, 2.45) is 5.92 Å². The third-order valence-electron chi connectivity index (χ3n) is 3.91. The molecule has 6 heteroatoms. The largest absolute Gasteiger partial charge is 0.316 e. The molecule has 1 aromatic rings. The van der Waals surface area contributed by atoms with Crippen LogP contribution in [0, 0.1) is 5.92 Å². The maximum atomic E-state index is 12.7. The van der Waals surface area contributed by atoms with E-state index in [0.29, 0.717) is 12.5 Å². The predicted molar refractivity (Wildman–Crippen MR) is 81.4 cm³/mol. The summed E-state index contributed by atoms with van der Waals surface area (Å²) < 4.78 is 26.9. The Hall–Kier alpha value is -0.620. The predicted octanol–water partition coefficient (Wildman–Crippen LogP) is 2.48. The van der Waals surface area contributed by atoms with Gasteiger partial charge in [-0.05, 0) is 50.4 Å². The van der Waals surface area contributed by atoms with E-state index in [1.807, 2.05) is 20.0 Å². The molecule has 1 atom stereocenters. The summed E-state index contributed by atoms with van der Waals surface area (Å²) in [6, 6.07) is 5.16. The van der Waals surface area contributed by atoms with Crippen molar-refractivity contribution < 1.29 is 8.42 Å². The SMILES string of the molecule is CNCc1ccc(Cl)c(S(=O)(=O)N(C)C(C)C2CC2)c1. The van der Waals surface area contributed by atoms with Gasteiger partial charge in [0.15, 0.2) is 0 Å². The average Bonchev–Trinajstić information content (AvgIpc) is 3.23. The van der Waals surface area contributed by atoms with E-state index in [-0.39, 0.29) is 16.0 Å². The molecule has 1 saturated carbocycles. The molecule has 0 aromatic heterocycles. The van der Waals surface area contributed by atoms with Crippen LogP contribution in [0.25, 0.3) is 0 Å². The smallest absolute Gasteiger partial charge is 0.244 e. The first-order valence-corrected chi connectivity index (χ1v) is 8.60. The van der Waals surface area contributed by atoms with Crippen LogP contribution < -0.4 is 5.32 Å². The molecule has 0 amide bonds. The van der Waals surface area contributed by atoms with Gasteiger partial charge in [-0.3, -0.25) is 0 Å². The Bertz CT molecular complexity index is 585. The average molecular weight is 317 g/mol. The van der Waals surface area contributed by atoms with Crippen molar-refractivity contribution in [2.75, 3.05) is 14.1 Å². The van der Waals surface area contributed by atoms with Gasteiger partial charge in [0.2, 0.25) is 10.0 Å². The van der Waals surface area contributed by atoms with Gasteiger partial charge in [0, 0.05) is 19.6 Å². The molecule has 0 radical (unpaired) electrons. The van der Waals surface area contributed by atoms with Crippen LogP contribution in [0.15, 0.2) is 23.1 Å². The summed E-state index contributed by atoms with van der Waals surface area (Å²) in [7, 11) is -0.0793. The fourth-order valence-electron chi connectivity index (χ4n) is 2.31. The van der Waals surface area contributed by atoms with E-state index < -0.39 is 10.0 Å². The standard InChI is InChI=1S/C14H21ClN2O2S/c1-10(12-5-6-12)17(3)20(18,19)14-8-11(9-16-2)4-7-13(14)15/h4,7-8,10,12,16H,5-6,9H2,1-3H3. The zero-order chi connectivity index (χ0) is 14.9. The molecular weight excluding hydrogens is 296 g/mol. The van der Waals surface area contributed by atoms with Crippen molar-refractivity contribution in [1.29, 1.82) is 0 Å². The summed E-state index contributed by atoms with van der Waals surface area (Å²) in [5, 5.41) is 3.29. The van der Waals surface area contributed by atoms with E-state index in [4.69, 9.17) is 11.6 Å². The maximum absolute atomic E-state index is 12.7. The van der Waals surface area contributed by atoms with Crippen LogP contribution in [0.2, 0.25) is 5.02 Å². The van der Waals surface area contributed by atoms with Crippen LogP contribution in [0.3, 0.4) is 0 Å². The van der Waals surface area contributed by atoms with Gasteiger partial charge in [-0.1, -0.05) is 17.7 Å². The number of rotatable bonds is 6. The quantitative estimate of drug-likeness (QED) is 0.877. The molecular formula is C14H21ClN2O2S. The van der Waals surface area contributed by atoms with E-state index in [0.717, 1.165) is 18.4 Å². The molecule has 0 aliphatic heterocycles. The molecule has 1 aliphatic carbocycles. The van der Waals surface area contributed by atoms with Crippen LogP contribution in [-0.4, -0.2) is 32.9 Å². The minimum atomic E-state index is -3.54. The number of benzene rings is 1. The van der Waals surface area contributed by atoms with Crippen molar-refractivity contribution in [3.8, 4) is 0 Å². The molecule has 0 spiro atoms. The lowest BCUT2D eigenvalue weighted by Crippen LogP contribution is -2.36. The Balaban J connectivity index is 2.34. The second-order valence-electron chi connectivity index (χ2n) is 5.39. The Morgan fingerprint density at radius 2 is 2.10 bits per heavy atom. The summed E-state index contributed by atoms with van der Waals surface area (Å²) >= 11 is 6.10. The van der Waals surface area contributed by atoms with Gasteiger partial charge >= 0.3 is 0 Å². The first-order valence-electron chi connectivity index (χ1n) is 6.79. The minimum Gasteiger partial charge on any atom is -0.316 e. The number of nitrogens with zero attached hydrogens (tertiary/aromatic N) is 1. The highest BCUT2D eigenvalue weighted by atomic mass is 35.5. The van der Waals surface area contributed by atoms with Crippen LogP contribution in [0.1, 0.15) is 25.3 Å². The Labute approximate surface area is 126 Å². The first kappa shape index (κ1) is 15.8. The highest BCUT2D eigenvalue weighted by molar-refractivity contribution is 7.89. The molecule has 1 fully saturated rings. The fraction of sp³-hybridized carbons (Fsp3) is 0.571. The molecule has 1 aliphatic rings. The fourth-order valence-corrected chi connectivity index (χ4v) is 4.25. The summed E-state index contributed by atoms with van der Waals surface area (Å²) in [5.74, 6) is 0.481. The van der Waals surface area contributed by atoms with Gasteiger partial charge in [-0.2, -0.15) is 4.31 Å². The lowest BCUT2D eigenvalue weighted by molar-refractivity contribution is 0.357. The second kappa shape index (κ2) is 6.02. The van der Waals surface area contributed by atoms with Crippen LogP contribution in [0.4, 0.5) is 0 Å². The van der Waals surface area contributed by atoms with Gasteiger partial charge in [0.25, 0.3) is 0 Å². The van der Waals surface area contributed by atoms with Gasteiger partial charge in [0.1, 0.15) is 4.90 Å². The highest BCUT2D eigenvalue weighted by Crippen LogP contribution is 2.37. The normalized spacial score (nSPS) is 17.4. The summed E-state index contributed by atoms with van der Waals surface area (Å²) in [6.45, 7) is 2.57. The maximum Gasteiger partial charge on any atom is 0.244 e. The van der Waals surface area contributed by atoms with Gasteiger partial charge in [-0.15, -0.1) is 0 Å². The Morgan fingerprint density at radius 1 is 1.45 bits per heavy atom. The number of sulfonamides is 1. The third kappa shape index (κ3) is 3.17. The van der Waals surface area contributed by atoms with Crippen molar-refractivity contribution >= 4 is 21.6 Å². The van der Waals surface area contributed by atoms with E-state index in [1.54, 1.807) is 19.2 Å². The zero-order valence-electron chi connectivity index (χ0n) is 12.1. The van der Waals surface area contributed by atoms with Crippen LogP contribution >= 0.6 is 11.6 Å². The van der Waals surface area contributed by atoms with Crippen molar-refractivity contribution in [2.45, 2.75) is 37.2 Å². The summed E-state index contributed by atoms with van der Waals surface area (Å²) in [6.07, 6.45) is 2.21. The van der Waals surface area contributed by atoms with Crippen molar-refractivity contribution in [1.82, 2.24) is 9.62 Å². The Morgan fingerprint density at radius 3 is 2.65 bits per heavy atom. The zero-order valence-corrected chi connectivity index (χ0v) is 13.6. The van der Waals surface area contributed by atoms with Gasteiger partial charge in [0.05, 0.1) is 5.02 Å². The molecule has 20 heavy (non-hydrogen) atoms. The number of hydrogen-bond acceptors (Lipinski definition) is 3. The molecule has 1 N–H and O–H groups in total. The summed E-state index contributed by atoms with van der Waals surface area (Å²) in [4.78, 5) is 0.196. The molecule has 112 valence electrons. The van der Waals surface area contributed by atoms with E-state index >= 15 is 0 Å². The molecule has 0 heterocycles. The number of halogens is 1. The topological polar surface area (TPSA) is 49.4 Å². The van der Waals surface area contributed by atoms with Crippen LogP contribution in [-0.2, 0) is 16.6 Å². The van der Waals surface area contributed by atoms with Crippen LogP contribution in [0.5, 0.6) is 0 Å². The highest BCUT2D eigenvalue weighted by Gasteiger charge is 2.36. The lowest BCUT2D eigenvalue weighted by atomic mass is 10.2. The monoisotopic (exact) mass is 316 g/mol. The van der Waals surface area contributed by atoms with Crippen molar-refractivity contribution in [3.63, 3.8) is 0 Å². The Kier molecular flexibility index (Phi) is 4.74. The third-order valence-corrected chi connectivity index (χ3v) is 6.34. The van der Waals surface area contributed by atoms with E-state index in [1.165, 1.54) is 4.31 Å². The molecule has 4 nitrogen and oxygen atoms in total. The minimum absolute atomic E-state index is 0.0176. The second-order valence-corrected chi connectivity index (χ2v) is 7.77. The lowest BCUT2D eigenvalue weighted by Gasteiger charge is -2.25. The van der Waals surface area contributed by atoms with Crippen molar-refractivity contribution in [3.05, 3.63) is 28.8 Å². The molecule has 0 bridgehead atoms. The van der Waals surface area contributed by atoms with E-state index in [9.17, 15) is 8.42 Å². The molecule has 1 unspecified atom stereocenters. The number of nitrogens with one attached hydrogen (secondary N) is 1. The number of hydrogen-bond donors (Lipinski definition) is 1. The molecule has 1 aromatic carbocycles. The molecule has 2 rings (SSSR count). The van der Waals surface area contributed by atoms with Gasteiger partial charge < -0.3 is 5.32 Å². The van der Waals surface area contributed by atoms with E-state index in [2.05, 4.69) is 5.32 Å². The summed E-state index contributed by atoms with van der Waals surface area (Å²) in [5.41, 5.74) is 0.906. The van der Waals surface area contributed by atoms with Gasteiger partial charge in [-0.25, -0.2) is 8.42 Å². The molecule has 0 saturated heterocycles.